The molecule has 192 valence electrons. The molecule has 0 bridgehead atoms. The quantitative estimate of drug-likeness (QED) is 0.131. The van der Waals surface area contributed by atoms with Crippen molar-refractivity contribution in [3.8, 4) is 0 Å². The summed E-state index contributed by atoms with van der Waals surface area (Å²) in [4.78, 5) is 53.5. The van der Waals surface area contributed by atoms with Crippen molar-refractivity contribution in [2.24, 2.45) is 16.5 Å². The number of ether oxygens (including phenoxy) is 1. The molecule has 11 heteroatoms. The third kappa shape index (κ3) is 9.92. The number of nitrogens with zero attached hydrogens (tertiary/aromatic N) is 1. The van der Waals surface area contributed by atoms with Crippen molar-refractivity contribution in [3.63, 3.8) is 0 Å². The lowest BCUT2D eigenvalue weighted by Gasteiger charge is -2.22. The maximum atomic E-state index is 13.1. The van der Waals surface area contributed by atoms with Gasteiger partial charge in [-0.25, -0.2) is 9.18 Å². The number of hydrogen-bond acceptors (Lipinski definition) is 6. The van der Waals surface area contributed by atoms with Crippen LogP contribution in [0.15, 0.2) is 65.7 Å². The second-order valence-electron chi connectivity index (χ2n) is 7.88. The van der Waals surface area contributed by atoms with Crippen LogP contribution in [-0.2, 0) is 32.1 Å². The largest absolute Gasteiger partial charge is 0.445 e. The van der Waals surface area contributed by atoms with Crippen LogP contribution in [0.2, 0.25) is 0 Å². The first-order chi connectivity index (χ1) is 17.3. The number of guanidine groups is 1. The van der Waals surface area contributed by atoms with Crippen molar-refractivity contribution in [1.82, 2.24) is 10.6 Å². The topological polar surface area (TPSA) is 166 Å². The summed E-state index contributed by atoms with van der Waals surface area (Å²) >= 11 is 0. The number of Topliss-reactive ketones (excluding diaryl/α,β-unsaturated/α-hetero) is 2. The van der Waals surface area contributed by atoms with Crippen LogP contribution in [-0.4, -0.2) is 54.8 Å². The van der Waals surface area contributed by atoms with E-state index in [2.05, 4.69) is 15.6 Å². The Morgan fingerprint density at radius 3 is 2.08 bits per heavy atom. The van der Waals surface area contributed by atoms with Crippen LogP contribution in [0.4, 0.5) is 9.18 Å². The average Bonchev–Trinajstić information content (AvgIpc) is 2.88. The number of alkyl carbamates (subject to hydrolysis) is 1. The Balaban J connectivity index is 2.12. The van der Waals surface area contributed by atoms with Crippen LogP contribution in [0.1, 0.15) is 24.0 Å². The Morgan fingerprint density at radius 2 is 1.50 bits per heavy atom. The van der Waals surface area contributed by atoms with E-state index in [9.17, 15) is 23.6 Å². The zero-order valence-corrected chi connectivity index (χ0v) is 19.7. The monoisotopic (exact) mass is 499 g/mol. The number of carbonyl (C=O) groups is 4. The van der Waals surface area contributed by atoms with Crippen molar-refractivity contribution in [2.75, 3.05) is 13.2 Å². The lowest BCUT2D eigenvalue weighted by atomic mass is 10.0. The van der Waals surface area contributed by atoms with Crippen LogP contribution in [0, 0.1) is 0 Å². The third-order valence-corrected chi connectivity index (χ3v) is 5.08. The summed E-state index contributed by atoms with van der Waals surface area (Å²) in [7, 11) is 0. The van der Waals surface area contributed by atoms with Gasteiger partial charge in [-0.15, -0.1) is 0 Å². The second-order valence-corrected chi connectivity index (χ2v) is 7.88. The number of rotatable bonds is 14. The zero-order chi connectivity index (χ0) is 26.3. The number of ketones is 2. The molecule has 0 saturated heterocycles. The number of amides is 2. The highest BCUT2D eigenvalue weighted by atomic mass is 19.1. The molecule has 0 spiro atoms. The lowest BCUT2D eigenvalue weighted by molar-refractivity contribution is -0.139. The molecule has 0 aliphatic heterocycles. The fraction of sp³-hybridized carbons (Fsp3) is 0.320. The first-order valence-electron chi connectivity index (χ1n) is 11.3. The van der Waals surface area contributed by atoms with E-state index in [0.717, 1.165) is 11.1 Å². The molecule has 6 N–H and O–H groups in total. The smallest absolute Gasteiger partial charge is 0.408 e. The molecule has 2 aromatic rings. The van der Waals surface area contributed by atoms with Crippen molar-refractivity contribution >= 4 is 29.5 Å². The number of benzene rings is 2. The number of alkyl halides is 1. The van der Waals surface area contributed by atoms with Gasteiger partial charge < -0.3 is 26.8 Å². The molecule has 0 saturated carbocycles. The summed E-state index contributed by atoms with van der Waals surface area (Å²) < 4.78 is 18.1. The summed E-state index contributed by atoms with van der Waals surface area (Å²) in [6.45, 7) is -1.36. The number of halogens is 1. The molecule has 0 unspecified atom stereocenters. The molecule has 2 amide bonds. The van der Waals surface area contributed by atoms with Gasteiger partial charge in [0.15, 0.2) is 12.6 Å². The molecular formula is C25H30FN5O5. The van der Waals surface area contributed by atoms with Gasteiger partial charge in [0.2, 0.25) is 17.5 Å². The molecule has 2 rings (SSSR count). The summed E-state index contributed by atoms with van der Waals surface area (Å²) in [5, 5.41) is 4.97. The second kappa shape index (κ2) is 14.9. The first-order valence-corrected chi connectivity index (χ1v) is 11.3. The van der Waals surface area contributed by atoms with Gasteiger partial charge >= 0.3 is 6.09 Å². The normalized spacial score (nSPS) is 12.0. The minimum atomic E-state index is -1.49. The number of nitrogens with one attached hydrogen (secondary N) is 2. The van der Waals surface area contributed by atoms with Crippen molar-refractivity contribution < 1.29 is 28.3 Å². The number of nitrogens with two attached hydrogens (primary N) is 2. The highest BCUT2D eigenvalue weighted by molar-refractivity contribution is 6.40. The summed E-state index contributed by atoms with van der Waals surface area (Å²) in [5.74, 6) is -3.23. The number of hydrogen-bond donors (Lipinski definition) is 4. The summed E-state index contributed by atoms with van der Waals surface area (Å²) in [6, 6.07) is 15.4. The standard InChI is InChI=1S/C25H30FN5O5/c26-15-21(32)22(33)19(12-7-13-29-24(27)28)30-23(34)20(14-17-8-3-1-4-9-17)31-25(35)36-16-18-10-5-2-6-11-18/h1-6,8-11,19-20H,7,12-16H2,(H,30,34)(H,31,35)(H4,27,28,29)/t19-,20-/m0/s1. The van der Waals surface area contributed by atoms with Crippen molar-refractivity contribution in [3.05, 3.63) is 71.8 Å². The van der Waals surface area contributed by atoms with Gasteiger partial charge in [-0.2, -0.15) is 0 Å². The van der Waals surface area contributed by atoms with Gasteiger partial charge in [-0.05, 0) is 24.0 Å². The van der Waals surface area contributed by atoms with Gasteiger partial charge in [-0.3, -0.25) is 19.4 Å². The van der Waals surface area contributed by atoms with E-state index >= 15 is 0 Å². The molecule has 2 aromatic carbocycles. The van der Waals surface area contributed by atoms with Crippen molar-refractivity contribution in [1.29, 1.82) is 0 Å². The minimum Gasteiger partial charge on any atom is -0.445 e. The molecule has 0 heterocycles. The Hall–Kier alpha value is -4.28. The predicted molar refractivity (Wildman–Crippen MR) is 132 cm³/mol. The molecular weight excluding hydrogens is 469 g/mol. The molecule has 2 atom stereocenters. The van der Waals surface area contributed by atoms with Crippen LogP contribution < -0.4 is 22.1 Å². The molecule has 0 radical (unpaired) electrons. The van der Waals surface area contributed by atoms with E-state index in [1.54, 1.807) is 54.6 Å². The molecule has 10 nitrogen and oxygen atoms in total. The maximum absolute atomic E-state index is 13.1. The van der Waals surface area contributed by atoms with E-state index in [1.807, 2.05) is 6.07 Å². The van der Waals surface area contributed by atoms with Gasteiger partial charge in [-0.1, -0.05) is 60.7 Å². The lowest BCUT2D eigenvalue weighted by Crippen LogP contribution is -2.53. The number of carbonyl (C=O) groups excluding carboxylic acids is 4. The van der Waals surface area contributed by atoms with E-state index in [4.69, 9.17) is 16.2 Å². The van der Waals surface area contributed by atoms with Gasteiger partial charge in [0, 0.05) is 13.0 Å². The van der Waals surface area contributed by atoms with Crippen LogP contribution in [0.3, 0.4) is 0 Å². The fourth-order valence-electron chi connectivity index (χ4n) is 3.27. The Morgan fingerprint density at radius 1 is 0.889 bits per heavy atom. The predicted octanol–water partition coefficient (Wildman–Crippen LogP) is 1.17. The van der Waals surface area contributed by atoms with E-state index < -0.39 is 42.3 Å². The highest BCUT2D eigenvalue weighted by Gasteiger charge is 2.30. The maximum Gasteiger partial charge on any atom is 0.408 e. The van der Waals surface area contributed by atoms with E-state index in [1.165, 1.54) is 0 Å². The molecule has 0 aliphatic rings. The van der Waals surface area contributed by atoms with Gasteiger partial charge in [0.05, 0.1) is 6.04 Å². The molecule has 0 aromatic heterocycles. The Bertz CT molecular complexity index is 1050. The van der Waals surface area contributed by atoms with Gasteiger partial charge in [0.1, 0.15) is 12.6 Å². The Labute approximate surface area is 208 Å². The Kier molecular flexibility index (Phi) is 11.5. The summed E-state index contributed by atoms with van der Waals surface area (Å²) in [6.07, 6.45) is -0.530. The van der Waals surface area contributed by atoms with Gasteiger partial charge in [0.25, 0.3) is 0 Å². The fourth-order valence-corrected chi connectivity index (χ4v) is 3.27. The van der Waals surface area contributed by atoms with E-state index in [0.29, 0.717) is 0 Å². The number of aliphatic imine (C=N–C) groups is 1. The SMILES string of the molecule is NC(N)=NCCC[C@H](NC(=O)[C@H](Cc1ccccc1)NC(=O)OCc1ccccc1)C(=O)C(=O)CF. The van der Waals surface area contributed by atoms with E-state index in [-0.39, 0.29) is 38.4 Å². The highest BCUT2D eigenvalue weighted by Crippen LogP contribution is 2.08. The first kappa shape index (κ1) is 28.0. The van der Waals surface area contributed by atoms with Crippen molar-refractivity contribution in [2.45, 2.75) is 38.0 Å². The third-order valence-electron chi connectivity index (χ3n) is 5.08. The molecule has 0 aliphatic carbocycles. The van der Waals surface area contributed by atoms with Crippen LogP contribution >= 0.6 is 0 Å². The minimum absolute atomic E-state index is 0.0103. The average molecular weight is 500 g/mol. The summed E-state index contributed by atoms with van der Waals surface area (Å²) in [5.41, 5.74) is 12.0. The van der Waals surface area contributed by atoms with Crippen LogP contribution in [0.5, 0.6) is 0 Å². The zero-order valence-electron chi connectivity index (χ0n) is 19.7. The van der Waals surface area contributed by atoms with Crippen LogP contribution in [0.25, 0.3) is 0 Å². The molecule has 0 fully saturated rings. The molecule has 36 heavy (non-hydrogen) atoms.